The zero-order valence-corrected chi connectivity index (χ0v) is 16.6. The average molecular weight is 399 g/mol. The molecule has 28 heavy (non-hydrogen) atoms. The highest BCUT2D eigenvalue weighted by Crippen LogP contribution is 2.36. The maximum Gasteiger partial charge on any atom is 0.136 e. The third kappa shape index (κ3) is 4.04. The molecule has 4 rings (SSSR count). The van der Waals surface area contributed by atoms with Gasteiger partial charge in [0.15, 0.2) is 0 Å². The monoisotopic (exact) mass is 398 g/mol. The van der Waals surface area contributed by atoms with Crippen LogP contribution in [0.25, 0.3) is 10.9 Å². The number of anilines is 1. The van der Waals surface area contributed by atoms with Crippen LogP contribution in [-0.4, -0.2) is 43.4 Å². The normalized spacial score (nSPS) is 14.4. The Labute approximate surface area is 169 Å². The summed E-state index contributed by atoms with van der Waals surface area (Å²) >= 11 is 6.63. The number of rotatable bonds is 6. The summed E-state index contributed by atoms with van der Waals surface area (Å²) in [7, 11) is 1.68. The highest BCUT2D eigenvalue weighted by atomic mass is 35.5. The molecule has 6 nitrogen and oxygen atoms in total. The molecular formula is C21H23ClN4O2. The number of hydrogen-bond donors (Lipinski definition) is 1. The molecule has 0 aliphatic carbocycles. The zero-order valence-electron chi connectivity index (χ0n) is 15.8. The van der Waals surface area contributed by atoms with E-state index in [0.29, 0.717) is 31.5 Å². The molecule has 146 valence electrons. The van der Waals surface area contributed by atoms with E-state index in [4.69, 9.17) is 21.1 Å². The molecule has 0 saturated carbocycles. The molecule has 1 N–H and O–H groups in total. The number of halogens is 1. The molecule has 2 aromatic heterocycles. The first-order valence-corrected chi connectivity index (χ1v) is 9.72. The molecule has 0 atom stereocenters. The van der Waals surface area contributed by atoms with Gasteiger partial charge in [-0.25, -0.2) is 4.98 Å². The standard InChI is InChI=1S/C21H23ClN4O2/c1-27-16-4-5-19-17(11-16)20(26-7-9-28-10-8-26)18(21(22)25-19)14-24-13-15-3-2-6-23-12-15/h2-6,11-12,24H,7-10,13-14H2,1H3. The first-order valence-electron chi connectivity index (χ1n) is 9.34. The zero-order chi connectivity index (χ0) is 19.3. The fraction of sp³-hybridized carbons (Fsp3) is 0.333. The van der Waals surface area contributed by atoms with Crippen molar-refractivity contribution >= 4 is 28.2 Å². The third-order valence-electron chi connectivity index (χ3n) is 4.89. The highest BCUT2D eigenvalue weighted by molar-refractivity contribution is 6.31. The molecule has 1 aliphatic rings. The second kappa shape index (κ2) is 8.73. The Hall–Kier alpha value is -2.41. The molecule has 0 spiro atoms. The van der Waals surface area contributed by atoms with E-state index in [2.05, 4.69) is 20.2 Å². The predicted octanol–water partition coefficient (Wildman–Crippen LogP) is 3.42. The number of methoxy groups -OCH3 is 1. The van der Waals surface area contributed by atoms with Crippen LogP contribution in [0.15, 0.2) is 42.7 Å². The summed E-state index contributed by atoms with van der Waals surface area (Å²) in [6.07, 6.45) is 3.64. The minimum Gasteiger partial charge on any atom is -0.497 e. The van der Waals surface area contributed by atoms with E-state index in [0.717, 1.165) is 46.6 Å². The average Bonchev–Trinajstić information content (AvgIpc) is 2.75. The van der Waals surface area contributed by atoms with E-state index < -0.39 is 0 Å². The number of morpholine rings is 1. The van der Waals surface area contributed by atoms with Crippen molar-refractivity contribution in [1.29, 1.82) is 0 Å². The van der Waals surface area contributed by atoms with Gasteiger partial charge in [-0.1, -0.05) is 17.7 Å². The van der Waals surface area contributed by atoms with E-state index in [9.17, 15) is 0 Å². The largest absolute Gasteiger partial charge is 0.497 e. The van der Waals surface area contributed by atoms with Crippen molar-refractivity contribution in [2.24, 2.45) is 0 Å². The van der Waals surface area contributed by atoms with E-state index in [-0.39, 0.29) is 0 Å². The van der Waals surface area contributed by atoms with Crippen LogP contribution in [0.1, 0.15) is 11.1 Å². The molecule has 0 bridgehead atoms. The van der Waals surface area contributed by atoms with E-state index >= 15 is 0 Å². The van der Waals surface area contributed by atoms with Crippen molar-refractivity contribution in [2.45, 2.75) is 13.1 Å². The smallest absolute Gasteiger partial charge is 0.136 e. The fourth-order valence-electron chi connectivity index (χ4n) is 3.50. The van der Waals surface area contributed by atoms with Crippen LogP contribution < -0.4 is 15.0 Å². The van der Waals surface area contributed by atoms with Gasteiger partial charge < -0.3 is 19.7 Å². The topological polar surface area (TPSA) is 59.5 Å². The lowest BCUT2D eigenvalue weighted by Gasteiger charge is -2.32. The Bertz CT molecular complexity index is 946. The quantitative estimate of drug-likeness (QED) is 0.642. The van der Waals surface area contributed by atoms with Crippen molar-refractivity contribution in [2.75, 3.05) is 38.3 Å². The van der Waals surface area contributed by atoms with Crippen LogP contribution in [0.3, 0.4) is 0 Å². The number of nitrogens with one attached hydrogen (secondary N) is 1. The number of nitrogens with zero attached hydrogens (tertiary/aromatic N) is 3. The van der Waals surface area contributed by atoms with Crippen molar-refractivity contribution in [3.8, 4) is 5.75 Å². The fourth-order valence-corrected chi connectivity index (χ4v) is 3.75. The van der Waals surface area contributed by atoms with Crippen molar-refractivity contribution in [3.05, 3.63) is 59.0 Å². The molecule has 1 aromatic carbocycles. The molecule has 3 aromatic rings. The van der Waals surface area contributed by atoms with Crippen LogP contribution in [0.2, 0.25) is 5.15 Å². The lowest BCUT2D eigenvalue weighted by Crippen LogP contribution is -2.37. The van der Waals surface area contributed by atoms with Gasteiger partial charge in [0, 0.05) is 49.5 Å². The Balaban J connectivity index is 1.71. The molecule has 7 heteroatoms. The summed E-state index contributed by atoms with van der Waals surface area (Å²) in [6, 6.07) is 9.89. The molecular weight excluding hydrogens is 376 g/mol. The van der Waals surface area contributed by atoms with Crippen molar-refractivity contribution in [3.63, 3.8) is 0 Å². The summed E-state index contributed by atoms with van der Waals surface area (Å²) in [5.41, 5.74) is 4.09. The molecule has 0 unspecified atom stereocenters. The number of benzene rings is 1. The van der Waals surface area contributed by atoms with Gasteiger partial charge in [0.1, 0.15) is 10.9 Å². The van der Waals surface area contributed by atoms with Crippen LogP contribution in [0.4, 0.5) is 5.69 Å². The predicted molar refractivity (Wildman–Crippen MR) is 111 cm³/mol. The second-order valence-corrected chi connectivity index (χ2v) is 7.04. The van der Waals surface area contributed by atoms with E-state index in [1.54, 1.807) is 13.3 Å². The second-order valence-electron chi connectivity index (χ2n) is 6.68. The molecule has 0 amide bonds. The van der Waals surface area contributed by atoms with Crippen LogP contribution in [-0.2, 0) is 17.8 Å². The summed E-state index contributed by atoms with van der Waals surface area (Å²) in [5, 5.41) is 5.05. The van der Waals surface area contributed by atoms with Gasteiger partial charge >= 0.3 is 0 Å². The van der Waals surface area contributed by atoms with Gasteiger partial charge in [-0.2, -0.15) is 0 Å². The van der Waals surface area contributed by atoms with Gasteiger partial charge in [-0.05, 0) is 29.8 Å². The summed E-state index contributed by atoms with van der Waals surface area (Å²) in [5.74, 6) is 0.806. The summed E-state index contributed by atoms with van der Waals surface area (Å²) in [6.45, 7) is 4.37. The summed E-state index contributed by atoms with van der Waals surface area (Å²) < 4.78 is 11.0. The van der Waals surface area contributed by atoms with Gasteiger partial charge in [0.05, 0.1) is 31.5 Å². The van der Waals surface area contributed by atoms with E-state index in [1.807, 2.05) is 36.5 Å². The molecule has 1 fully saturated rings. The maximum absolute atomic E-state index is 6.63. The lowest BCUT2D eigenvalue weighted by atomic mass is 10.1. The molecule has 3 heterocycles. The number of pyridine rings is 2. The van der Waals surface area contributed by atoms with E-state index in [1.165, 1.54) is 0 Å². The molecule has 0 radical (unpaired) electrons. The van der Waals surface area contributed by atoms with Gasteiger partial charge in [-0.15, -0.1) is 0 Å². The van der Waals surface area contributed by atoms with Crippen LogP contribution in [0.5, 0.6) is 5.75 Å². The Morgan fingerprint density at radius 1 is 1.21 bits per heavy atom. The third-order valence-corrected chi connectivity index (χ3v) is 5.21. The minimum absolute atomic E-state index is 0.526. The first kappa shape index (κ1) is 18.9. The maximum atomic E-state index is 6.63. The van der Waals surface area contributed by atoms with Crippen molar-refractivity contribution in [1.82, 2.24) is 15.3 Å². The van der Waals surface area contributed by atoms with Gasteiger partial charge in [-0.3, -0.25) is 4.98 Å². The van der Waals surface area contributed by atoms with Crippen LogP contribution in [0, 0.1) is 0 Å². The lowest BCUT2D eigenvalue weighted by molar-refractivity contribution is 0.122. The number of fused-ring (bicyclic) bond motifs is 1. The van der Waals surface area contributed by atoms with Crippen molar-refractivity contribution < 1.29 is 9.47 Å². The van der Waals surface area contributed by atoms with Gasteiger partial charge in [0.25, 0.3) is 0 Å². The number of ether oxygens (including phenoxy) is 2. The highest BCUT2D eigenvalue weighted by Gasteiger charge is 2.21. The number of hydrogen-bond acceptors (Lipinski definition) is 6. The minimum atomic E-state index is 0.526. The van der Waals surface area contributed by atoms with Gasteiger partial charge in [0.2, 0.25) is 0 Å². The summed E-state index contributed by atoms with van der Waals surface area (Å²) in [4.78, 5) is 11.1. The Morgan fingerprint density at radius 2 is 2.07 bits per heavy atom. The van der Waals surface area contributed by atoms with Crippen LogP contribution >= 0.6 is 11.6 Å². The first-order chi connectivity index (χ1) is 13.8. The molecule has 1 aliphatic heterocycles. The Morgan fingerprint density at radius 3 is 2.82 bits per heavy atom. The SMILES string of the molecule is COc1ccc2nc(Cl)c(CNCc3cccnc3)c(N3CCOCC3)c2c1. The molecule has 1 saturated heterocycles. The Kier molecular flexibility index (Phi) is 5.90. The number of aromatic nitrogens is 2.